The molecule has 1 aliphatic rings. The monoisotopic (exact) mass is 667 g/mol. The van der Waals surface area contributed by atoms with Crippen molar-refractivity contribution in [3.63, 3.8) is 0 Å². The van der Waals surface area contributed by atoms with Crippen LogP contribution < -0.4 is 10.6 Å². The predicted molar refractivity (Wildman–Crippen MR) is 206 cm³/mol. The number of unbranched alkanes of at least 4 members (excludes halogenated alkanes) is 16. The van der Waals surface area contributed by atoms with Gasteiger partial charge in [0.1, 0.15) is 0 Å². The zero-order valence-electron chi connectivity index (χ0n) is 31.3. The van der Waals surface area contributed by atoms with Crippen molar-refractivity contribution in [3.8, 4) is 0 Å². The Hall–Kier alpha value is -1.95. The molecule has 0 aromatic heterocycles. The lowest BCUT2D eigenvalue weighted by Crippen LogP contribution is -2.36. The van der Waals surface area contributed by atoms with Gasteiger partial charge in [0.25, 0.3) is 5.91 Å². The fourth-order valence-corrected chi connectivity index (χ4v) is 6.42. The smallest absolute Gasteiger partial charge is 0.251 e. The van der Waals surface area contributed by atoms with Crippen molar-refractivity contribution in [2.24, 2.45) is 0 Å². The lowest BCUT2D eigenvalue weighted by molar-refractivity contribution is -0.0170. The number of allylic oxidation sites excluding steroid dienone is 4. The fourth-order valence-electron chi connectivity index (χ4n) is 6.42. The number of hydrogen-bond donors (Lipinski definition) is 2. The number of amides is 1. The third-order valence-electron chi connectivity index (χ3n) is 9.56. The van der Waals surface area contributed by atoms with E-state index in [1.165, 1.54) is 121 Å². The fraction of sp³-hybridized carbons (Fsp3) is 0.744. The maximum Gasteiger partial charge on any atom is 0.251 e. The first-order chi connectivity index (χ1) is 23.7. The maximum absolute atomic E-state index is 13.1. The van der Waals surface area contributed by atoms with Gasteiger partial charge in [-0.2, -0.15) is 0 Å². The molecule has 1 aromatic rings. The van der Waals surface area contributed by atoms with Crippen LogP contribution in [0.2, 0.25) is 0 Å². The van der Waals surface area contributed by atoms with E-state index in [2.05, 4.69) is 60.9 Å². The van der Waals surface area contributed by atoms with Crippen LogP contribution in [0.1, 0.15) is 177 Å². The normalized spacial score (nSPS) is 14.7. The molecule has 1 heterocycles. The van der Waals surface area contributed by atoms with Crippen molar-refractivity contribution >= 4 is 5.91 Å². The summed E-state index contributed by atoms with van der Waals surface area (Å²) in [5.41, 5.74) is 2.02. The topological polar surface area (TPSA) is 59.6 Å². The SMILES string of the molecule is CCCCC/C=C\CCCCCCCOCC(CNC(=O)c1cccc(C2CCNCC2)c1)OCCCCCCC/C=C\CCCCC. The summed E-state index contributed by atoms with van der Waals surface area (Å²) in [5.74, 6) is 0.516. The van der Waals surface area contributed by atoms with Crippen molar-refractivity contribution < 1.29 is 14.3 Å². The van der Waals surface area contributed by atoms with E-state index in [9.17, 15) is 4.79 Å². The van der Waals surface area contributed by atoms with Gasteiger partial charge in [-0.3, -0.25) is 4.79 Å². The average molecular weight is 667 g/mol. The number of ether oxygens (including phenoxy) is 2. The number of hydrogen-bond acceptors (Lipinski definition) is 4. The van der Waals surface area contributed by atoms with E-state index in [1.807, 2.05) is 12.1 Å². The van der Waals surface area contributed by atoms with Crippen LogP contribution in [0, 0.1) is 0 Å². The molecule has 0 saturated carbocycles. The second-order valence-corrected chi connectivity index (χ2v) is 14.0. The molecule has 5 heteroatoms. The molecular weight excluding hydrogens is 592 g/mol. The quantitative estimate of drug-likeness (QED) is 0.0611. The Morgan fingerprint density at radius 3 is 1.90 bits per heavy atom. The predicted octanol–water partition coefficient (Wildman–Crippen LogP) is 11.2. The van der Waals surface area contributed by atoms with E-state index >= 15 is 0 Å². The first kappa shape index (κ1) is 42.2. The molecule has 5 nitrogen and oxygen atoms in total. The molecule has 1 fully saturated rings. The molecule has 1 aliphatic heterocycles. The highest BCUT2D eigenvalue weighted by atomic mass is 16.5. The minimum Gasteiger partial charge on any atom is -0.379 e. The lowest BCUT2D eigenvalue weighted by Gasteiger charge is -2.23. The van der Waals surface area contributed by atoms with Crippen molar-refractivity contribution in [1.82, 2.24) is 10.6 Å². The number of carbonyl (C=O) groups excluding carboxylic acids is 1. The minimum atomic E-state index is -0.122. The number of benzene rings is 1. The van der Waals surface area contributed by atoms with Crippen LogP contribution in [0.15, 0.2) is 48.6 Å². The molecule has 2 rings (SSSR count). The van der Waals surface area contributed by atoms with Gasteiger partial charge in [-0.1, -0.05) is 114 Å². The minimum absolute atomic E-state index is 0.0189. The Kier molecular flexibility index (Phi) is 27.3. The largest absolute Gasteiger partial charge is 0.379 e. The molecule has 48 heavy (non-hydrogen) atoms. The van der Waals surface area contributed by atoms with Gasteiger partial charge in [0, 0.05) is 25.3 Å². The summed E-state index contributed by atoms with van der Waals surface area (Å²) in [6.07, 6.45) is 36.7. The van der Waals surface area contributed by atoms with Gasteiger partial charge in [-0.25, -0.2) is 0 Å². The third kappa shape index (κ3) is 22.6. The molecule has 0 aliphatic carbocycles. The van der Waals surface area contributed by atoms with Crippen molar-refractivity contribution in [2.45, 2.75) is 167 Å². The van der Waals surface area contributed by atoms with Gasteiger partial charge in [0.2, 0.25) is 0 Å². The number of piperidine rings is 1. The second-order valence-electron chi connectivity index (χ2n) is 14.0. The van der Waals surface area contributed by atoms with Gasteiger partial charge in [0.05, 0.1) is 12.7 Å². The third-order valence-corrected chi connectivity index (χ3v) is 9.56. The van der Waals surface area contributed by atoms with Crippen LogP contribution in [0.4, 0.5) is 0 Å². The lowest BCUT2D eigenvalue weighted by atomic mass is 9.89. The van der Waals surface area contributed by atoms with E-state index in [-0.39, 0.29) is 12.0 Å². The molecule has 0 bridgehead atoms. The molecule has 1 unspecified atom stereocenters. The van der Waals surface area contributed by atoms with Crippen LogP contribution in [0.25, 0.3) is 0 Å². The molecule has 1 atom stereocenters. The summed E-state index contributed by atoms with van der Waals surface area (Å²) in [7, 11) is 0. The molecule has 1 amide bonds. The van der Waals surface area contributed by atoms with Crippen molar-refractivity contribution in [3.05, 3.63) is 59.7 Å². The van der Waals surface area contributed by atoms with Gasteiger partial charge < -0.3 is 20.1 Å². The summed E-state index contributed by atoms with van der Waals surface area (Å²) in [6, 6.07) is 8.21. The van der Waals surface area contributed by atoms with Gasteiger partial charge in [0.15, 0.2) is 0 Å². The Labute approximate surface area is 296 Å². The number of nitrogens with one attached hydrogen (secondary N) is 2. The first-order valence-electron chi connectivity index (χ1n) is 20.3. The number of carbonyl (C=O) groups is 1. The highest BCUT2D eigenvalue weighted by Gasteiger charge is 2.17. The molecule has 0 spiro atoms. The van der Waals surface area contributed by atoms with E-state index < -0.39 is 0 Å². The number of rotatable bonds is 31. The van der Waals surface area contributed by atoms with E-state index in [0.29, 0.717) is 19.1 Å². The molecule has 274 valence electrons. The van der Waals surface area contributed by atoms with Gasteiger partial charge >= 0.3 is 0 Å². The van der Waals surface area contributed by atoms with Crippen LogP contribution in [-0.2, 0) is 9.47 Å². The second kappa shape index (κ2) is 31.1. The van der Waals surface area contributed by atoms with Gasteiger partial charge in [-0.15, -0.1) is 0 Å². The summed E-state index contributed by atoms with van der Waals surface area (Å²) >= 11 is 0. The van der Waals surface area contributed by atoms with Crippen LogP contribution in [0.5, 0.6) is 0 Å². The zero-order valence-corrected chi connectivity index (χ0v) is 31.3. The molecular formula is C43H74N2O3. The summed E-state index contributed by atoms with van der Waals surface area (Å²) < 4.78 is 12.4. The Morgan fingerprint density at radius 1 is 0.750 bits per heavy atom. The molecule has 1 aromatic carbocycles. The van der Waals surface area contributed by atoms with Crippen LogP contribution in [-0.4, -0.2) is 51.5 Å². The highest BCUT2D eigenvalue weighted by Crippen LogP contribution is 2.25. The standard InChI is InChI=1S/C43H74N2O3/c1-3-5-7-9-11-13-15-17-19-21-23-25-34-47-38-42(48-35-26-24-22-20-18-16-14-12-10-8-6-4-2)37-45-43(46)41-29-27-28-40(36-41)39-30-32-44-33-31-39/h11-14,27-29,36,39,42,44H,3-10,15-26,30-35,37-38H2,1-2H3,(H,45,46)/b13-11-,14-12-. The van der Waals surface area contributed by atoms with E-state index in [0.717, 1.165) is 57.6 Å². The van der Waals surface area contributed by atoms with Crippen molar-refractivity contribution in [2.75, 3.05) is 39.5 Å². The first-order valence-corrected chi connectivity index (χ1v) is 20.3. The Bertz CT molecular complexity index is 940. The van der Waals surface area contributed by atoms with Crippen LogP contribution >= 0.6 is 0 Å². The average Bonchev–Trinajstić information content (AvgIpc) is 3.12. The van der Waals surface area contributed by atoms with Gasteiger partial charge in [-0.05, 0) is 114 Å². The summed E-state index contributed by atoms with van der Waals surface area (Å²) in [6.45, 7) is 9.11. The van der Waals surface area contributed by atoms with E-state index in [1.54, 1.807) is 0 Å². The highest BCUT2D eigenvalue weighted by molar-refractivity contribution is 5.94. The summed E-state index contributed by atoms with van der Waals surface area (Å²) in [5, 5.41) is 6.59. The van der Waals surface area contributed by atoms with Crippen LogP contribution in [0.3, 0.4) is 0 Å². The molecule has 0 radical (unpaired) electrons. The molecule has 2 N–H and O–H groups in total. The van der Waals surface area contributed by atoms with E-state index in [4.69, 9.17) is 9.47 Å². The Balaban J connectivity index is 1.66. The Morgan fingerprint density at radius 2 is 1.29 bits per heavy atom. The van der Waals surface area contributed by atoms with Crippen molar-refractivity contribution in [1.29, 1.82) is 0 Å². The summed E-state index contributed by atoms with van der Waals surface area (Å²) in [4.78, 5) is 13.1. The molecule has 1 saturated heterocycles. The maximum atomic E-state index is 13.1. The zero-order chi connectivity index (χ0) is 34.2.